The number of thioether (sulfide) groups is 1. The summed E-state index contributed by atoms with van der Waals surface area (Å²) in [4.78, 5) is 5.65. The largest absolute Gasteiger partial charge is 0.256 e. The smallest absolute Gasteiger partial charge is 0.0701 e. The molecule has 0 amide bonds. The molecule has 0 saturated carbocycles. The van der Waals surface area contributed by atoms with Crippen molar-refractivity contribution in [2.24, 2.45) is 0 Å². The summed E-state index contributed by atoms with van der Waals surface area (Å²) in [5, 5.41) is 0. The zero-order chi connectivity index (χ0) is 12.3. The van der Waals surface area contributed by atoms with Crippen molar-refractivity contribution < 1.29 is 0 Å². The zero-order valence-electron chi connectivity index (χ0n) is 10.5. The van der Waals surface area contributed by atoms with Crippen LogP contribution in [0.5, 0.6) is 0 Å². The maximum absolute atomic E-state index is 4.35. The molecule has 0 radical (unpaired) electrons. The molecule has 1 aromatic carbocycles. The van der Waals surface area contributed by atoms with Gasteiger partial charge in [-0.1, -0.05) is 39.0 Å². The Balaban J connectivity index is 2.19. The van der Waals surface area contributed by atoms with Crippen molar-refractivity contribution in [1.82, 2.24) is 4.98 Å². The molecule has 2 heteroatoms. The lowest BCUT2D eigenvalue weighted by atomic mass is 10.1. The van der Waals surface area contributed by atoms with E-state index in [0.717, 1.165) is 5.69 Å². The van der Waals surface area contributed by atoms with Crippen molar-refractivity contribution in [3.05, 3.63) is 48.7 Å². The summed E-state index contributed by atoms with van der Waals surface area (Å²) in [6.07, 6.45) is 1.83. The summed E-state index contributed by atoms with van der Waals surface area (Å²) in [6, 6.07) is 14.6. The molecular formula is C15H17NS. The molecule has 1 nitrogen and oxygen atoms in total. The van der Waals surface area contributed by atoms with Crippen LogP contribution in [-0.2, 0) is 0 Å². The average Bonchev–Trinajstić information content (AvgIpc) is 2.29. The molecule has 17 heavy (non-hydrogen) atoms. The van der Waals surface area contributed by atoms with Crippen LogP contribution in [-0.4, -0.2) is 9.73 Å². The van der Waals surface area contributed by atoms with Crippen LogP contribution in [0.15, 0.2) is 53.6 Å². The number of aromatic nitrogens is 1. The first-order valence-corrected chi connectivity index (χ1v) is 6.57. The van der Waals surface area contributed by atoms with Crippen LogP contribution in [0.4, 0.5) is 0 Å². The van der Waals surface area contributed by atoms with E-state index < -0.39 is 0 Å². The van der Waals surface area contributed by atoms with Gasteiger partial charge in [0, 0.05) is 21.4 Å². The fraction of sp³-hybridized carbons (Fsp3) is 0.267. The van der Waals surface area contributed by atoms with Crippen molar-refractivity contribution in [2.75, 3.05) is 0 Å². The van der Waals surface area contributed by atoms with Crippen LogP contribution in [0.25, 0.3) is 11.3 Å². The third-order valence-electron chi connectivity index (χ3n) is 2.24. The van der Waals surface area contributed by atoms with Gasteiger partial charge in [0.15, 0.2) is 0 Å². The predicted octanol–water partition coefficient (Wildman–Crippen LogP) is 4.64. The number of hydrogen-bond donors (Lipinski definition) is 0. The van der Waals surface area contributed by atoms with Crippen molar-refractivity contribution in [1.29, 1.82) is 0 Å². The molecule has 0 aliphatic heterocycles. The normalized spacial score (nSPS) is 11.5. The molecule has 2 aromatic rings. The van der Waals surface area contributed by atoms with Gasteiger partial charge in [-0.15, -0.1) is 11.8 Å². The predicted molar refractivity (Wildman–Crippen MR) is 75.3 cm³/mol. The van der Waals surface area contributed by atoms with Crippen molar-refractivity contribution in [3.63, 3.8) is 0 Å². The Bertz CT molecular complexity index is 469. The summed E-state index contributed by atoms with van der Waals surface area (Å²) >= 11 is 1.88. The summed E-state index contributed by atoms with van der Waals surface area (Å²) in [6.45, 7) is 6.68. The summed E-state index contributed by atoms with van der Waals surface area (Å²) in [7, 11) is 0. The number of benzene rings is 1. The van der Waals surface area contributed by atoms with Crippen LogP contribution < -0.4 is 0 Å². The molecule has 0 bridgehead atoms. The molecule has 0 spiro atoms. The Kier molecular flexibility index (Phi) is 3.53. The highest BCUT2D eigenvalue weighted by atomic mass is 32.2. The van der Waals surface area contributed by atoms with Crippen molar-refractivity contribution in [2.45, 2.75) is 30.4 Å². The number of hydrogen-bond acceptors (Lipinski definition) is 2. The maximum Gasteiger partial charge on any atom is 0.0701 e. The third kappa shape index (κ3) is 3.60. The van der Waals surface area contributed by atoms with E-state index >= 15 is 0 Å². The fourth-order valence-electron chi connectivity index (χ4n) is 1.58. The molecule has 88 valence electrons. The molecule has 0 fully saturated rings. The molecule has 1 aromatic heterocycles. The first-order chi connectivity index (χ1) is 8.04. The van der Waals surface area contributed by atoms with E-state index in [4.69, 9.17) is 0 Å². The molecule has 2 rings (SSSR count). The Morgan fingerprint density at radius 3 is 2.18 bits per heavy atom. The van der Waals surface area contributed by atoms with E-state index in [0.29, 0.717) is 0 Å². The van der Waals surface area contributed by atoms with Gasteiger partial charge in [-0.2, -0.15) is 0 Å². The van der Waals surface area contributed by atoms with Gasteiger partial charge in [-0.25, -0.2) is 0 Å². The molecular weight excluding hydrogens is 226 g/mol. The van der Waals surface area contributed by atoms with Crippen LogP contribution in [0, 0.1) is 0 Å². The van der Waals surface area contributed by atoms with Gasteiger partial charge >= 0.3 is 0 Å². The van der Waals surface area contributed by atoms with E-state index in [2.05, 4.69) is 50.0 Å². The Morgan fingerprint density at radius 1 is 0.941 bits per heavy atom. The Morgan fingerprint density at radius 2 is 1.65 bits per heavy atom. The SMILES string of the molecule is CC(C)(C)Sc1ccc(-c2ccccn2)cc1. The zero-order valence-corrected chi connectivity index (χ0v) is 11.3. The second-order valence-electron chi connectivity index (χ2n) is 4.95. The van der Waals surface area contributed by atoms with Crippen molar-refractivity contribution >= 4 is 11.8 Å². The topological polar surface area (TPSA) is 12.9 Å². The monoisotopic (exact) mass is 243 g/mol. The summed E-state index contributed by atoms with van der Waals surface area (Å²) in [5.74, 6) is 0. The van der Waals surface area contributed by atoms with E-state index in [1.165, 1.54) is 10.5 Å². The first kappa shape index (κ1) is 12.2. The minimum atomic E-state index is 0.256. The molecule has 0 aliphatic rings. The third-order valence-corrected chi connectivity index (χ3v) is 3.36. The molecule has 0 saturated heterocycles. The number of rotatable bonds is 2. The fourth-order valence-corrected chi connectivity index (χ4v) is 2.56. The average molecular weight is 243 g/mol. The lowest BCUT2D eigenvalue weighted by Gasteiger charge is -2.17. The highest BCUT2D eigenvalue weighted by molar-refractivity contribution is 8.00. The molecule has 0 unspecified atom stereocenters. The van der Waals surface area contributed by atoms with Crippen LogP contribution in [0.3, 0.4) is 0 Å². The van der Waals surface area contributed by atoms with Gasteiger partial charge in [-0.3, -0.25) is 4.98 Å². The highest BCUT2D eigenvalue weighted by Crippen LogP contribution is 2.32. The van der Waals surface area contributed by atoms with Crippen LogP contribution in [0.1, 0.15) is 20.8 Å². The lowest BCUT2D eigenvalue weighted by molar-refractivity contribution is 0.803. The molecule has 1 heterocycles. The highest BCUT2D eigenvalue weighted by Gasteiger charge is 2.11. The minimum absolute atomic E-state index is 0.256. The van der Waals surface area contributed by atoms with E-state index in [9.17, 15) is 0 Å². The standard InChI is InChI=1S/C15H17NS/c1-15(2,3)17-13-9-7-12(8-10-13)14-6-4-5-11-16-14/h4-11H,1-3H3. The quantitative estimate of drug-likeness (QED) is 0.713. The van der Waals surface area contributed by atoms with E-state index in [-0.39, 0.29) is 4.75 Å². The molecule has 0 N–H and O–H groups in total. The minimum Gasteiger partial charge on any atom is -0.256 e. The summed E-state index contributed by atoms with van der Waals surface area (Å²) < 4.78 is 0.256. The molecule has 0 aliphatic carbocycles. The van der Waals surface area contributed by atoms with E-state index in [1.54, 1.807) is 0 Å². The summed E-state index contributed by atoms with van der Waals surface area (Å²) in [5.41, 5.74) is 2.20. The number of nitrogens with zero attached hydrogens (tertiary/aromatic N) is 1. The van der Waals surface area contributed by atoms with Gasteiger partial charge in [0.05, 0.1) is 5.69 Å². The lowest BCUT2D eigenvalue weighted by Crippen LogP contribution is -2.06. The van der Waals surface area contributed by atoms with Gasteiger partial charge in [0.25, 0.3) is 0 Å². The second kappa shape index (κ2) is 4.92. The Labute approximate surface area is 107 Å². The number of pyridine rings is 1. The van der Waals surface area contributed by atoms with Crippen molar-refractivity contribution in [3.8, 4) is 11.3 Å². The van der Waals surface area contributed by atoms with Gasteiger partial charge in [0.1, 0.15) is 0 Å². The van der Waals surface area contributed by atoms with Crippen LogP contribution in [0.2, 0.25) is 0 Å². The van der Waals surface area contributed by atoms with Gasteiger partial charge in [0.2, 0.25) is 0 Å². The Hall–Kier alpha value is -1.28. The van der Waals surface area contributed by atoms with Gasteiger partial charge < -0.3 is 0 Å². The van der Waals surface area contributed by atoms with Crippen LogP contribution >= 0.6 is 11.8 Å². The van der Waals surface area contributed by atoms with Gasteiger partial charge in [-0.05, 0) is 24.3 Å². The van der Waals surface area contributed by atoms with E-state index in [1.807, 2.05) is 36.2 Å². The second-order valence-corrected chi connectivity index (χ2v) is 6.85. The maximum atomic E-state index is 4.35. The first-order valence-electron chi connectivity index (χ1n) is 5.75. The molecule has 0 atom stereocenters.